The zero-order valence-electron chi connectivity index (χ0n) is 18.0. The number of fused-ring (bicyclic) bond motifs is 1. The normalized spacial score (nSPS) is 15.4. The van der Waals surface area contributed by atoms with E-state index in [1.54, 1.807) is 18.3 Å². The van der Waals surface area contributed by atoms with E-state index in [-0.39, 0.29) is 30.9 Å². The van der Waals surface area contributed by atoms with Crippen molar-refractivity contribution in [1.29, 1.82) is 0 Å². The maximum Gasteiger partial charge on any atom is 0.313 e. The molecule has 1 aromatic carbocycles. The summed E-state index contributed by atoms with van der Waals surface area (Å²) in [5.41, 5.74) is 0.333. The predicted molar refractivity (Wildman–Crippen MR) is 119 cm³/mol. The highest BCUT2D eigenvalue weighted by Crippen LogP contribution is 2.41. The van der Waals surface area contributed by atoms with Gasteiger partial charge < -0.3 is 14.8 Å². The molecular formula is C23H30N2O5S. The Bertz CT molecular complexity index is 871. The van der Waals surface area contributed by atoms with Crippen LogP contribution in [0.2, 0.25) is 0 Å². The molecule has 1 saturated carbocycles. The second-order valence-electron chi connectivity index (χ2n) is 7.93. The first-order valence-corrected chi connectivity index (χ1v) is 11.8. The zero-order chi connectivity index (χ0) is 22.1. The van der Waals surface area contributed by atoms with Gasteiger partial charge >= 0.3 is 11.9 Å². The molecule has 0 aliphatic heterocycles. The number of carbonyl (C=O) groups excluding carboxylic acids is 3. The minimum absolute atomic E-state index is 0.249. The van der Waals surface area contributed by atoms with Gasteiger partial charge in [-0.15, -0.1) is 11.3 Å². The highest BCUT2D eigenvalue weighted by molar-refractivity contribution is 7.18. The van der Waals surface area contributed by atoms with Crippen molar-refractivity contribution in [3.63, 3.8) is 0 Å². The van der Waals surface area contributed by atoms with Crippen molar-refractivity contribution in [3.8, 4) is 0 Å². The number of thiazole rings is 1. The van der Waals surface area contributed by atoms with Gasteiger partial charge in [-0.25, -0.2) is 4.98 Å². The molecule has 0 spiro atoms. The first-order chi connectivity index (χ1) is 15.0. The number of nitrogens with one attached hydrogen (secondary N) is 1. The smallest absolute Gasteiger partial charge is 0.313 e. The number of aromatic nitrogens is 1. The molecule has 2 aromatic rings. The third-order valence-corrected chi connectivity index (χ3v) is 6.63. The Morgan fingerprint density at radius 3 is 2.65 bits per heavy atom. The molecule has 8 heteroatoms. The van der Waals surface area contributed by atoms with E-state index in [0.29, 0.717) is 26.0 Å². The maximum atomic E-state index is 13.0. The molecule has 7 nitrogen and oxygen atoms in total. The van der Waals surface area contributed by atoms with Crippen molar-refractivity contribution < 1.29 is 23.9 Å². The molecule has 0 saturated heterocycles. The van der Waals surface area contributed by atoms with E-state index in [2.05, 4.69) is 5.32 Å². The van der Waals surface area contributed by atoms with Gasteiger partial charge in [-0.1, -0.05) is 31.4 Å². The van der Waals surface area contributed by atoms with Crippen LogP contribution in [0.3, 0.4) is 0 Å². The van der Waals surface area contributed by atoms with Gasteiger partial charge in [-0.2, -0.15) is 0 Å². The first-order valence-electron chi connectivity index (χ1n) is 11.0. The molecule has 1 heterocycles. The van der Waals surface area contributed by atoms with E-state index in [1.165, 1.54) is 0 Å². The summed E-state index contributed by atoms with van der Waals surface area (Å²) in [5, 5.41) is 3.62. The predicted octanol–water partition coefficient (Wildman–Crippen LogP) is 3.79. The van der Waals surface area contributed by atoms with Gasteiger partial charge in [0.2, 0.25) is 0 Å². The quantitative estimate of drug-likeness (QED) is 0.441. The van der Waals surface area contributed by atoms with Crippen LogP contribution in [0.1, 0.15) is 56.9 Å². The highest BCUT2D eigenvalue weighted by Gasteiger charge is 2.42. The van der Waals surface area contributed by atoms with Crippen LogP contribution in [0.25, 0.3) is 10.2 Å². The van der Waals surface area contributed by atoms with E-state index in [0.717, 1.165) is 47.3 Å². The van der Waals surface area contributed by atoms with Crippen LogP contribution in [-0.2, 0) is 30.3 Å². The van der Waals surface area contributed by atoms with E-state index >= 15 is 0 Å². The van der Waals surface area contributed by atoms with Crippen molar-refractivity contribution in [2.45, 2.75) is 58.3 Å². The number of rotatable bonds is 10. The number of esters is 2. The summed E-state index contributed by atoms with van der Waals surface area (Å²) in [6, 6.07) is 7.96. The Kier molecular flexibility index (Phi) is 8.40. The van der Waals surface area contributed by atoms with E-state index in [4.69, 9.17) is 14.5 Å². The van der Waals surface area contributed by atoms with Crippen LogP contribution in [0.4, 0.5) is 0 Å². The minimum atomic E-state index is -0.615. The van der Waals surface area contributed by atoms with Gasteiger partial charge in [0.15, 0.2) is 6.61 Å². The number of hydrogen-bond acceptors (Lipinski definition) is 7. The van der Waals surface area contributed by atoms with Gasteiger partial charge in [0.1, 0.15) is 0 Å². The average Bonchev–Trinajstić information content (AvgIpc) is 3.18. The Hall–Kier alpha value is -2.48. The van der Waals surface area contributed by atoms with E-state index < -0.39 is 5.41 Å². The summed E-state index contributed by atoms with van der Waals surface area (Å²) in [4.78, 5) is 41.1. The Morgan fingerprint density at radius 1 is 1.13 bits per heavy atom. The van der Waals surface area contributed by atoms with Crippen molar-refractivity contribution in [2.24, 2.45) is 5.41 Å². The molecule has 3 rings (SSSR count). The second kappa shape index (κ2) is 11.2. The lowest BCUT2D eigenvalue weighted by molar-refractivity contribution is -0.161. The van der Waals surface area contributed by atoms with Crippen molar-refractivity contribution in [2.75, 3.05) is 19.8 Å². The molecule has 0 atom stereocenters. The molecule has 0 unspecified atom stereocenters. The summed E-state index contributed by atoms with van der Waals surface area (Å²) in [6.45, 7) is 2.13. The SMILES string of the molecule is CCOC(=O)CCCNC(=O)COC(=O)C1(Cc2nc3ccccc3s2)CCCCC1. The number of nitrogens with zero attached hydrogens (tertiary/aromatic N) is 1. The van der Waals surface area contributed by atoms with Gasteiger partial charge in [0.05, 0.1) is 27.2 Å². The third-order valence-electron chi connectivity index (χ3n) is 5.59. The fraction of sp³-hybridized carbons (Fsp3) is 0.565. The molecule has 1 aliphatic carbocycles. The zero-order valence-corrected chi connectivity index (χ0v) is 18.8. The van der Waals surface area contributed by atoms with Crippen LogP contribution in [0.5, 0.6) is 0 Å². The third kappa shape index (κ3) is 6.50. The van der Waals surface area contributed by atoms with Crippen molar-refractivity contribution in [1.82, 2.24) is 10.3 Å². The maximum absolute atomic E-state index is 13.0. The van der Waals surface area contributed by atoms with Gasteiger partial charge in [-0.3, -0.25) is 14.4 Å². The number of para-hydroxylation sites is 1. The van der Waals surface area contributed by atoms with E-state index in [9.17, 15) is 14.4 Å². The molecule has 31 heavy (non-hydrogen) atoms. The Morgan fingerprint density at radius 2 is 1.90 bits per heavy atom. The lowest BCUT2D eigenvalue weighted by Crippen LogP contribution is -2.39. The summed E-state index contributed by atoms with van der Waals surface area (Å²) in [6.07, 6.45) is 5.84. The fourth-order valence-corrected chi connectivity index (χ4v) is 5.11. The Labute approximate surface area is 186 Å². The molecule has 168 valence electrons. The van der Waals surface area contributed by atoms with Crippen LogP contribution in [0.15, 0.2) is 24.3 Å². The largest absolute Gasteiger partial charge is 0.466 e. The fourth-order valence-electron chi connectivity index (χ4n) is 4.00. The molecule has 1 fully saturated rings. The topological polar surface area (TPSA) is 94.6 Å². The highest BCUT2D eigenvalue weighted by atomic mass is 32.1. The molecule has 1 aliphatic rings. The van der Waals surface area contributed by atoms with Crippen molar-refractivity contribution >= 4 is 39.4 Å². The molecule has 0 bridgehead atoms. The monoisotopic (exact) mass is 446 g/mol. The average molecular weight is 447 g/mol. The van der Waals surface area contributed by atoms with Crippen LogP contribution >= 0.6 is 11.3 Å². The molecule has 1 aromatic heterocycles. The first kappa shape index (κ1) is 23.2. The van der Waals surface area contributed by atoms with E-state index in [1.807, 2.05) is 24.3 Å². The van der Waals surface area contributed by atoms with Gasteiger partial charge in [0, 0.05) is 19.4 Å². The minimum Gasteiger partial charge on any atom is -0.466 e. The summed E-state index contributed by atoms with van der Waals surface area (Å²) in [5.74, 6) is -0.950. The summed E-state index contributed by atoms with van der Waals surface area (Å²) >= 11 is 1.61. The number of ether oxygens (including phenoxy) is 2. The number of benzene rings is 1. The Balaban J connectivity index is 1.52. The number of amides is 1. The molecular weight excluding hydrogens is 416 g/mol. The van der Waals surface area contributed by atoms with Crippen LogP contribution in [-0.4, -0.2) is 42.6 Å². The second-order valence-corrected chi connectivity index (χ2v) is 9.04. The lowest BCUT2D eigenvalue weighted by atomic mass is 9.72. The standard InChI is InChI=1S/C23H30N2O5S/c1-2-29-21(27)11-8-14-24-19(26)16-30-22(28)23(12-6-3-7-13-23)15-20-25-17-9-4-5-10-18(17)31-20/h4-5,9-10H,2-3,6-8,11-16H2,1H3,(H,24,26). The number of carbonyl (C=O) groups is 3. The molecule has 1 amide bonds. The summed E-state index contributed by atoms with van der Waals surface area (Å²) in [7, 11) is 0. The lowest BCUT2D eigenvalue weighted by Gasteiger charge is -2.34. The van der Waals surface area contributed by atoms with Crippen LogP contribution in [0, 0.1) is 5.41 Å². The van der Waals surface area contributed by atoms with Gasteiger partial charge in [-0.05, 0) is 38.3 Å². The summed E-state index contributed by atoms with van der Waals surface area (Å²) < 4.78 is 11.4. The molecule has 1 N–H and O–H groups in total. The molecule has 0 radical (unpaired) electrons. The van der Waals surface area contributed by atoms with Crippen molar-refractivity contribution in [3.05, 3.63) is 29.3 Å². The number of hydrogen-bond donors (Lipinski definition) is 1. The van der Waals surface area contributed by atoms with Crippen LogP contribution < -0.4 is 5.32 Å². The van der Waals surface area contributed by atoms with Gasteiger partial charge in [0.25, 0.3) is 5.91 Å².